The van der Waals surface area contributed by atoms with E-state index in [4.69, 9.17) is 0 Å². The standard InChI is InChI=1S/C23H17FN2O/c1-15-6-9-19(26-23(27)20-4-2-3-5-22(20)24)13-21(15)17-8-7-16-10-11-25-14-18(16)12-17/h2-14H,1H3,(H,26,27). The molecule has 0 aliphatic carbocycles. The first-order valence-corrected chi connectivity index (χ1v) is 8.62. The number of aryl methyl sites for hydroxylation is 1. The summed E-state index contributed by atoms with van der Waals surface area (Å²) in [7, 11) is 0. The van der Waals surface area contributed by atoms with Crippen molar-refractivity contribution in [3.05, 3.63) is 96.1 Å². The summed E-state index contributed by atoms with van der Waals surface area (Å²) in [6.45, 7) is 2.02. The molecular weight excluding hydrogens is 339 g/mol. The lowest BCUT2D eigenvalue weighted by Crippen LogP contribution is -2.13. The normalized spacial score (nSPS) is 10.7. The van der Waals surface area contributed by atoms with E-state index in [9.17, 15) is 9.18 Å². The van der Waals surface area contributed by atoms with Crippen molar-refractivity contribution in [2.45, 2.75) is 6.92 Å². The molecule has 0 bridgehead atoms. The van der Waals surface area contributed by atoms with E-state index in [1.54, 1.807) is 18.3 Å². The van der Waals surface area contributed by atoms with Crippen molar-refractivity contribution in [2.24, 2.45) is 0 Å². The average molecular weight is 356 g/mol. The molecule has 1 aromatic heterocycles. The van der Waals surface area contributed by atoms with Gasteiger partial charge in [-0.25, -0.2) is 4.39 Å². The maximum absolute atomic E-state index is 13.8. The largest absolute Gasteiger partial charge is 0.322 e. The topological polar surface area (TPSA) is 42.0 Å². The number of nitrogens with zero attached hydrogens (tertiary/aromatic N) is 1. The number of carbonyl (C=O) groups is 1. The molecule has 1 N–H and O–H groups in total. The van der Waals surface area contributed by atoms with Gasteiger partial charge in [0.15, 0.2) is 0 Å². The molecule has 0 atom stereocenters. The Morgan fingerprint density at radius 1 is 0.963 bits per heavy atom. The van der Waals surface area contributed by atoms with Crippen molar-refractivity contribution >= 4 is 22.4 Å². The van der Waals surface area contributed by atoms with Crippen LogP contribution in [0.25, 0.3) is 21.9 Å². The molecule has 3 aromatic carbocycles. The Bertz CT molecular complexity index is 1150. The first-order valence-electron chi connectivity index (χ1n) is 8.62. The summed E-state index contributed by atoms with van der Waals surface area (Å²) in [4.78, 5) is 16.6. The van der Waals surface area contributed by atoms with Gasteiger partial charge in [0.25, 0.3) is 5.91 Å². The van der Waals surface area contributed by atoms with Gasteiger partial charge in [-0.2, -0.15) is 0 Å². The fourth-order valence-electron chi connectivity index (χ4n) is 3.11. The molecule has 1 heterocycles. The van der Waals surface area contributed by atoms with Crippen LogP contribution in [0.1, 0.15) is 15.9 Å². The number of hydrogen-bond donors (Lipinski definition) is 1. The minimum absolute atomic E-state index is 0.0244. The van der Waals surface area contributed by atoms with E-state index in [1.807, 2.05) is 43.5 Å². The molecule has 0 saturated carbocycles. The van der Waals surface area contributed by atoms with Crippen molar-refractivity contribution in [1.82, 2.24) is 4.98 Å². The van der Waals surface area contributed by atoms with E-state index in [2.05, 4.69) is 22.4 Å². The number of rotatable bonds is 3. The number of benzene rings is 3. The Balaban J connectivity index is 1.68. The highest BCUT2D eigenvalue weighted by atomic mass is 19.1. The van der Waals surface area contributed by atoms with Crippen molar-refractivity contribution in [3.63, 3.8) is 0 Å². The van der Waals surface area contributed by atoms with Gasteiger partial charge in [-0.15, -0.1) is 0 Å². The van der Waals surface area contributed by atoms with Crippen LogP contribution in [0.3, 0.4) is 0 Å². The van der Waals surface area contributed by atoms with Crippen LogP contribution in [0, 0.1) is 12.7 Å². The van der Waals surface area contributed by atoms with Crippen LogP contribution in [-0.4, -0.2) is 10.9 Å². The molecule has 4 rings (SSSR count). The lowest BCUT2D eigenvalue weighted by atomic mass is 9.98. The van der Waals surface area contributed by atoms with Crippen LogP contribution in [0.2, 0.25) is 0 Å². The van der Waals surface area contributed by atoms with Crippen LogP contribution in [0.5, 0.6) is 0 Å². The highest BCUT2D eigenvalue weighted by Crippen LogP contribution is 2.29. The molecule has 0 spiro atoms. The zero-order valence-electron chi connectivity index (χ0n) is 14.7. The van der Waals surface area contributed by atoms with Gasteiger partial charge in [-0.05, 0) is 65.4 Å². The predicted molar refractivity (Wildman–Crippen MR) is 106 cm³/mol. The van der Waals surface area contributed by atoms with Gasteiger partial charge in [-0.3, -0.25) is 9.78 Å². The highest BCUT2D eigenvalue weighted by molar-refractivity contribution is 6.04. The van der Waals surface area contributed by atoms with Gasteiger partial charge in [0.1, 0.15) is 5.82 Å². The second kappa shape index (κ2) is 7.00. The number of halogens is 1. The van der Waals surface area contributed by atoms with Gasteiger partial charge in [0.2, 0.25) is 0 Å². The molecule has 0 saturated heterocycles. The van der Waals surface area contributed by atoms with Gasteiger partial charge in [0.05, 0.1) is 5.56 Å². The van der Waals surface area contributed by atoms with Gasteiger partial charge >= 0.3 is 0 Å². The summed E-state index contributed by atoms with van der Waals surface area (Å²) >= 11 is 0. The lowest BCUT2D eigenvalue weighted by Gasteiger charge is -2.12. The third kappa shape index (κ3) is 3.42. The van der Waals surface area contributed by atoms with Crippen LogP contribution >= 0.6 is 0 Å². The predicted octanol–water partition coefficient (Wildman–Crippen LogP) is 5.60. The van der Waals surface area contributed by atoms with E-state index in [0.29, 0.717) is 5.69 Å². The smallest absolute Gasteiger partial charge is 0.258 e. The summed E-state index contributed by atoms with van der Waals surface area (Å²) in [6, 6.07) is 19.8. The molecule has 1 amide bonds. The van der Waals surface area contributed by atoms with Gasteiger partial charge in [-0.1, -0.05) is 30.3 Å². The van der Waals surface area contributed by atoms with Crippen LogP contribution in [-0.2, 0) is 0 Å². The van der Waals surface area contributed by atoms with Crippen molar-refractivity contribution in [2.75, 3.05) is 5.32 Å². The molecule has 3 nitrogen and oxygen atoms in total. The van der Waals surface area contributed by atoms with Crippen LogP contribution < -0.4 is 5.32 Å². The summed E-state index contributed by atoms with van der Waals surface area (Å²) in [5.41, 5.74) is 3.77. The zero-order chi connectivity index (χ0) is 18.8. The summed E-state index contributed by atoms with van der Waals surface area (Å²) in [5, 5.41) is 4.95. The van der Waals surface area contributed by atoms with Crippen molar-refractivity contribution in [1.29, 1.82) is 0 Å². The van der Waals surface area contributed by atoms with Gasteiger partial charge < -0.3 is 5.32 Å². The molecule has 27 heavy (non-hydrogen) atoms. The Morgan fingerprint density at radius 2 is 1.81 bits per heavy atom. The molecule has 0 fully saturated rings. The Labute approximate surface area is 156 Å². The number of hydrogen-bond acceptors (Lipinski definition) is 2. The Hall–Kier alpha value is -3.53. The minimum atomic E-state index is -0.538. The van der Waals surface area contributed by atoms with Crippen molar-refractivity contribution < 1.29 is 9.18 Å². The summed E-state index contributed by atoms with van der Waals surface area (Å²) in [6.07, 6.45) is 3.60. The first kappa shape index (κ1) is 16.9. The number of aromatic nitrogens is 1. The van der Waals surface area contributed by atoms with Gasteiger partial charge in [0, 0.05) is 23.5 Å². The molecule has 132 valence electrons. The average Bonchev–Trinajstić information content (AvgIpc) is 2.69. The quantitative estimate of drug-likeness (QED) is 0.519. The third-order valence-corrected chi connectivity index (χ3v) is 4.57. The second-order valence-electron chi connectivity index (χ2n) is 6.40. The van der Waals surface area contributed by atoms with E-state index in [-0.39, 0.29) is 5.56 Å². The number of anilines is 1. The van der Waals surface area contributed by atoms with Crippen LogP contribution in [0.15, 0.2) is 79.1 Å². The maximum atomic E-state index is 13.8. The number of pyridine rings is 1. The Morgan fingerprint density at radius 3 is 2.67 bits per heavy atom. The fourth-order valence-corrected chi connectivity index (χ4v) is 3.11. The lowest BCUT2D eigenvalue weighted by molar-refractivity contribution is 0.102. The van der Waals surface area contributed by atoms with E-state index in [1.165, 1.54) is 12.1 Å². The minimum Gasteiger partial charge on any atom is -0.322 e. The molecule has 0 aliphatic rings. The maximum Gasteiger partial charge on any atom is 0.258 e. The zero-order valence-corrected chi connectivity index (χ0v) is 14.7. The van der Waals surface area contributed by atoms with Crippen molar-refractivity contribution in [3.8, 4) is 11.1 Å². The SMILES string of the molecule is Cc1ccc(NC(=O)c2ccccc2F)cc1-c1ccc2ccncc2c1. The highest BCUT2D eigenvalue weighted by Gasteiger charge is 2.12. The molecule has 4 aromatic rings. The second-order valence-corrected chi connectivity index (χ2v) is 6.40. The number of amides is 1. The molecule has 0 aliphatic heterocycles. The van der Waals surface area contributed by atoms with Crippen LogP contribution in [0.4, 0.5) is 10.1 Å². The molecule has 0 radical (unpaired) electrons. The molecule has 4 heteroatoms. The van der Waals surface area contributed by atoms with E-state index >= 15 is 0 Å². The molecular formula is C23H17FN2O. The molecule has 0 unspecified atom stereocenters. The van der Waals surface area contributed by atoms with E-state index in [0.717, 1.165) is 27.5 Å². The number of fused-ring (bicyclic) bond motifs is 1. The Kier molecular flexibility index (Phi) is 4.38. The third-order valence-electron chi connectivity index (χ3n) is 4.57. The summed E-state index contributed by atoms with van der Waals surface area (Å²) < 4.78 is 13.8. The van der Waals surface area contributed by atoms with E-state index < -0.39 is 11.7 Å². The number of carbonyl (C=O) groups excluding carboxylic acids is 1. The monoisotopic (exact) mass is 356 g/mol. The number of nitrogens with one attached hydrogen (secondary N) is 1. The summed E-state index contributed by atoms with van der Waals surface area (Å²) in [5.74, 6) is -1.00. The first-order chi connectivity index (χ1) is 13.1. The fraction of sp³-hybridized carbons (Fsp3) is 0.0435.